The number of nitrogens with two attached hydrogens (primary N) is 1. The predicted molar refractivity (Wildman–Crippen MR) is 58.5 cm³/mol. The van der Waals surface area contributed by atoms with Gasteiger partial charge in [0.05, 0.1) is 6.61 Å². The van der Waals surface area contributed by atoms with Gasteiger partial charge >= 0.3 is 0 Å². The molecule has 72 valence electrons. The van der Waals surface area contributed by atoms with Gasteiger partial charge in [0, 0.05) is 10.6 Å². The molecule has 0 fully saturated rings. The van der Waals surface area contributed by atoms with Crippen LogP contribution in [0.15, 0.2) is 23.1 Å². The van der Waals surface area contributed by atoms with E-state index in [1.165, 1.54) is 0 Å². The number of unbranched alkanes of at least 4 members (excludes halogenated alkanes) is 1. The van der Waals surface area contributed by atoms with Crippen molar-refractivity contribution in [1.82, 2.24) is 0 Å². The average Bonchev–Trinajstić information content (AvgIpc) is 2.12. The van der Waals surface area contributed by atoms with Crippen molar-refractivity contribution in [2.24, 2.45) is 0 Å². The lowest BCUT2D eigenvalue weighted by atomic mass is 10.3. The summed E-state index contributed by atoms with van der Waals surface area (Å²) in [5.41, 5.74) is 6.30. The van der Waals surface area contributed by atoms with Crippen molar-refractivity contribution in [3.05, 3.63) is 18.2 Å². The van der Waals surface area contributed by atoms with Gasteiger partial charge in [-0.3, -0.25) is 0 Å². The Labute approximate surface area is 84.5 Å². The molecule has 13 heavy (non-hydrogen) atoms. The summed E-state index contributed by atoms with van der Waals surface area (Å²) in [5, 5.41) is 0. The molecule has 1 rings (SSSR count). The van der Waals surface area contributed by atoms with E-state index in [-0.39, 0.29) is 0 Å². The van der Waals surface area contributed by atoms with Crippen molar-refractivity contribution in [3.8, 4) is 5.75 Å². The zero-order valence-corrected chi connectivity index (χ0v) is 8.68. The van der Waals surface area contributed by atoms with Gasteiger partial charge in [-0.2, -0.15) is 0 Å². The molecule has 0 atom stereocenters. The Hall–Kier alpha value is -0.830. The summed E-state index contributed by atoms with van der Waals surface area (Å²) >= 11 is 4.21. The van der Waals surface area contributed by atoms with Crippen molar-refractivity contribution in [2.45, 2.75) is 24.7 Å². The van der Waals surface area contributed by atoms with Gasteiger partial charge in [-0.25, -0.2) is 0 Å². The largest absolute Gasteiger partial charge is 0.494 e. The van der Waals surface area contributed by atoms with Gasteiger partial charge in [-0.05, 0) is 24.6 Å². The minimum absolute atomic E-state index is 0.686. The molecule has 0 heterocycles. The lowest BCUT2D eigenvalue weighted by Crippen LogP contribution is -1.97. The first kappa shape index (κ1) is 10.3. The molecule has 1 aromatic carbocycles. The highest BCUT2D eigenvalue weighted by Crippen LogP contribution is 2.22. The van der Waals surface area contributed by atoms with Crippen LogP contribution in [0.1, 0.15) is 19.8 Å². The summed E-state index contributed by atoms with van der Waals surface area (Å²) in [7, 11) is 0. The smallest absolute Gasteiger partial charge is 0.120 e. The van der Waals surface area contributed by atoms with E-state index in [4.69, 9.17) is 10.5 Å². The molecule has 2 N–H and O–H groups in total. The molecule has 0 unspecified atom stereocenters. The second kappa shape index (κ2) is 5.02. The summed E-state index contributed by atoms with van der Waals surface area (Å²) in [6.45, 7) is 2.89. The Morgan fingerprint density at radius 2 is 2.23 bits per heavy atom. The van der Waals surface area contributed by atoms with Crippen LogP contribution >= 0.6 is 12.6 Å². The Balaban J connectivity index is 2.53. The second-order valence-electron chi connectivity index (χ2n) is 2.92. The number of nitrogen functional groups attached to an aromatic ring is 1. The molecule has 0 aliphatic carbocycles. The molecular weight excluding hydrogens is 182 g/mol. The minimum Gasteiger partial charge on any atom is -0.494 e. The lowest BCUT2D eigenvalue weighted by molar-refractivity contribution is 0.309. The summed E-state index contributed by atoms with van der Waals surface area (Å²) in [5.74, 6) is 0.840. The summed E-state index contributed by atoms with van der Waals surface area (Å²) in [6, 6.07) is 5.52. The SMILES string of the molecule is CCCCOc1ccc(N)c(S)c1. The minimum atomic E-state index is 0.686. The first-order valence-corrected chi connectivity index (χ1v) is 4.90. The number of thiol groups is 1. The predicted octanol–water partition coefficient (Wildman–Crippen LogP) is 2.74. The molecule has 3 heteroatoms. The van der Waals surface area contributed by atoms with Crippen molar-refractivity contribution >= 4 is 18.3 Å². The molecule has 0 spiro atoms. The van der Waals surface area contributed by atoms with Gasteiger partial charge in [0.2, 0.25) is 0 Å². The van der Waals surface area contributed by atoms with Crippen molar-refractivity contribution in [1.29, 1.82) is 0 Å². The maximum Gasteiger partial charge on any atom is 0.120 e. The van der Waals surface area contributed by atoms with Crippen LogP contribution in [0.3, 0.4) is 0 Å². The van der Waals surface area contributed by atoms with E-state index < -0.39 is 0 Å². The van der Waals surface area contributed by atoms with E-state index in [0.29, 0.717) is 5.69 Å². The monoisotopic (exact) mass is 197 g/mol. The third kappa shape index (κ3) is 3.19. The van der Waals surface area contributed by atoms with Crippen LogP contribution in [0.4, 0.5) is 5.69 Å². The van der Waals surface area contributed by atoms with Crippen molar-refractivity contribution < 1.29 is 4.74 Å². The Bertz CT molecular complexity index is 276. The van der Waals surface area contributed by atoms with Crippen LogP contribution in [-0.2, 0) is 0 Å². The highest BCUT2D eigenvalue weighted by Gasteiger charge is 1.97. The molecule has 0 saturated carbocycles. The zero-order valence-electron chi connectivity index (χ0n) is 7.79. The quantitative estimate of drug-likeness (QED) is 0.442. The molecule has 0 aromatic heterocycles. The number of hydrogen-bond donors (Lipinski definition) is 2. The zero-order chi connectivity index (χ0) is 9.68. The number of rotatable bonds is 4. The third-order valence-electron chi connectivity index (χ3n) is 1.77. The van der Waals surface area contributed by atoms with Gasteiger partial charge in [-0.15, -0.1) is 12.6 Å². The van der Waals surface area contributed by atoms with Gasteiger partial charge in [0.25, 0.3) is 0 Å². The molecule has 0 bridgehead atoms. The first-order valence-electron chi connectivity index (χ1n) is 4.45. The number of hydrogen-bond acceptors (Lipinski definition) is 3. The third-order valence-corrected chi connectivity index (χ3v) is 2.16. The van der Waals surface area contributed by atoms with Crippen LogP contribution in [0.25, 0.3) is 0 Å². The van der Waals surface area contributed by atoms with E-state index in [1.54, 1.807) is 0 Å². The maximum absolute atomic E-state index is 5.61. The van der Waals surface area contributed by atoms with Crippen LogP contribution < -0.4 is 10.5 Å². The maximum atomic E-state index is 5.61. The number of ether oxygens (including phenoxy) is 1. The summed E-state index contributed by atoms with van der Waals surface area (Å²) in [4.78, 5) is 0.772. The van der Waals surface area contributed by atoms with E-state index in [0.717, 1.165) is 30.1 Å². The van der Waals surface area contributed by atoms with Crippen LogP contribution in [0.5, 0.6) is 5.75 Å². The van der Waals surface area contributed by atoms with E-state index in [9.17, 15) is 0 Å². The van der Waals surface area contributed by atoms with Gasteiger partial charge < -0.3 is 10.5 Å². The van der Waals surface area contributed by atoms with Gasteiger partial charge in [0.1, 0.15) is 5.75 Å². The van der Waals surface area contributed by atoms with E-state index in [1.807, 2.05) is 18.2 Å². The Morgan fingerprint density at radius 3 is 2.85 bits per heavy atom. The summed E-state index contributed by atoms with van der Waals surface area (Å²) in [6.07, 6.45) is 2.22. The average molecular weight is 197 g/mol. The number of anilines is 1. The van der Waals surface area contributed by atoms with Crippen LogP contribution in [0, 0.1) is 0 Å². The fourth-order valence-electron chi connectivity index (χ4n) is 0.948. The van der Waals surface area contributed by atoms with E-state index in [2.05, 4.69) is 19.6 Å². The van der Waals surface area contributed by atoms with E-state index >= 15 is 0 Å². The normalized spacial score (nSPS) is 10.0. The topological polar surface area (TPSA) is 35.2 Å². The standard InChI is InChI=1S/C10H15NOS/c1-2-3-6-12-8-4-5-9(11)10(13)7-8/h4-5,7,13H,2-3,6,11H2,1H3. The molecule has 0 radical (unpaired) electrons. The molecule has 0 aliphatic heterocycles. The molecule has 2 nitrogen and oxygen atoms in total. The summed E-state index contributed by atoms with van der Waals surface area (Å²) < 4.78 is 5.48. The highest BCUT2D eigenvalue weighted by atomic mass is 32.1. The van der Waals surface area contributed by atoms with Crippen molar-refractivity contribution in [2.75, 3.05) is 12.3 Å². The molecule has 1 aromatic rings. The molecular formula is C10H15NOS. The van der Waals surface area contributed by atoms with Gasteiger partial charge in [-0.1, -0.05) is 13.3 Å². The fourth-order valence-corrected chi connectivity index (χ4v) is 1.15. The highest BCUT2D eigenvalue weighted by molar-refractivity contribution is 7.80. The van der Waals surface area contributed by atoms with Gasteiger partial charge in [0.15, 0.2) is 0 Å². The molecule has 0 saturated heterocycles. The molecule has 0 aliphatic rings. The second-order valence-corrected chi connectivity index (χ2v) is 3.40. The van der Waals surface area contributed by atoms with Crippen molar-refractivity contribution in [3.63, 3.8) is 0 Å². The fraction of sp³-hybridized carbons (Fsp3) is 0.400. The first-order chi connectivity index (χ1) is 6.24. The van der Waals surface area contributed by atoms with Crippen LogP contribution in [0.2, 0.25) is 0 Å². The molecule has 0 amide bonds. The Morgan fingerprint density at radius 1 is 1.46 bits per heavy atom. The number of benzene rings is 1. The Kier molecular flexibility index (Phi) is 3.96. The lowest BCUT2D eigenvalue weighted by Gasteiger charge is -2.06. The van der Waals surface area contributed by atoms with Crippen LogP contribution in [-0.4, -0.2) is 6.61 Å².